The number of hydrogen-bond donors (Lipinski definition) is 2. The first-order chi connectivity index (χ1) is 13.5. The maximum absolute atomic E-state index is 12.6. The molecule has 10 heteroatoms. The minimum absolute atomic E-state index is 0.201. The van der Waals surface area contributed by atoms with Crippen molar-refractivity contribution in [3.8, 4) is 16.7 Å². The highest BCUT2D eigenvalue weighted by Crippen LogP contribution is 2.27. The highest BCUT2D eigenvalue weighted by atomic mass is 32.1. The number of nitrogens with one attached hydrogen (secondary N) is 1. The Morgan fingerprint density at radius 3 is 2.71 bits per heavy atom. The van der Waals surface area contributed by atoms with E-state index in [1.165, 1.54) is 22.1 Å². The Balaban J connectivity index is 2.00. The normalized spacial score (nSPS) is 10.9. The van der Waals surface area contributed by atoms with Gasteiger partial charge in [-0.25, -0.2) is 14.8 Å². The second-order valence-corrected chi connectivity index (χ2v) is 6.67. The van der Waals surface area contributed by atoms with Crippen LogP contribution in [0.5, 0.6) is 5.75 Å². The van der Waals surface area contributed by atoms with Gasteiger partial charge in [0, 0.05) is 31.0 Å². The molecule has 4 heterocycles. The van der Waals surface area contributed by atoms with Crippen molar-refractivity contribution >= 4 is 34.0 Å². The molecular weight excluding hydrogens is 382 g/mol. The number of carboxylic acids is 1. The van der Waals surface area contributed by atoms with E-state index in [2.05, 4.69) is 15.3 Å². The molecule has 0 aliphatic carbocycles. The highest BCUT2D eigenvalue weighted by molar-refractivity contribution is 7.12. The van der Waals surface area contributed by atoms with Crippen LogP contribution >= 0.6 is 11.3 Å². The molecule has 4 aromatic heterocycles. The van der Waals surface area contributed by atoms with Gasteiger partial charge in [0.1, 0.15) is 11.4 Å². The lowest BCUT2D eigenvalue weighted by molar-refractivity contribution is 0.0695. The fourth-order valence-electron chi connectivity index (χ4n) is 2.89. The summed E-state index contributed by atoms with van der Waals surface area (Å²) in [6.07, 6.45) is 6.43. The number of aromatic carboxylic acids is 1. The monoisotopic (exact) mass is 397 g/mol. The van der Waals surface area contributed by atoms with Gasteiger partial charge in [0.05, 0.1) is 24.4 Å². The third kappa shape index (κ3) is 2.79. The summed E-state index contributed by atoms with van der Waals surface area (Å²) in [5.41, 5.74) is 0.178. The van der Waals surface area contributed by atoms with Gasteiger partial charge in [-0.15, -0.1) is 11.3 Å². The van der Waals surface area contributed by atoms with Gasteiger partial charge in [-0.2, -0.15) is 0 Å². The second-order valence-electron chi connectivity index (χ2n) is 5.80. The standard InChI is InChI=1S/C18H15N5O4S/c1-19-12-8-22(9-13(12)27-2)14-4-3-10-15(24)11(17(25)26)7-23(16(10)21-14)18-20-5-6-28-18/h3-9,19H,1-2H3,(H,25,26). The number of aromatic nitrogens is 4. The van der Waals surface area contributed by atoms with Crippen molar-refractivity contribution in [2.75, 3.05) is 19.5 Å². The van der Waals surface area contributed by atoms with E-state index in [1.54, 1.807) is 48.6 Å². The third-order valence-corrected chi connectivity index (χ3v) is 5.01. The molecule has 28 heavy (non-hydrogen) atoms. The van der Waals surface area contributed by atoms with Crippen molar-refractivity contribution in [2.24, 2.45) is 0 Å². The number of methoxy groups -OCH3 is 1. The molecule has 0 saturated heterocycles. The molecule has 0 bridgehead atoms. The van der Waals surface area contributed by atoms with Crippen LogP contribution in [0.1, 0.15) is 10.4 Å². The Morgan fingerprint density at radius 2 is 2.11 bits per heavy atom. The number of nitrogens with zero attached hydrogens (tertiary/aromatic N) is 4. The van der Waals surface area contributed by atoms with Gasteiger partial charge < -0.3 is 19.7 Å². The van der Waals surface area contributed by atoms with Crippen molar-refractivity contribution in [2.45, 2.75) is 0 Å². The molecule has 0 spiro atoms. The number of pyridine rings is 2. The number of carboxylic acid groups (broad SMARTS) is 1. The maximum atomic E-state index is 12.6. The summed E-state index contributed by atoms with van der Waals surface area (Å²) >= 11 is 1.31. The summed E-state index contributed by atoms with van der Waals surface area (Å²) in [6, 6.07) is 3.22. The molecule has 0 fully saturated rings. The Labute approximate surface area is 162 Å². The van der Waals surface area contributed by atoms with Crippen LogP contribution in [0.2, 0.25) is 0 Å². The van der Waals surface area contributed by atoms with Crippen LogP contribution in [-0.4, -0.2) is 44.3 Å². The van der Waals surface area contributed by atoms with E-state index in [-0.39, 0.29) is 10.9 Å². The molecule has 0 radical (unpaired) electrons. The molecule has 0 aromatic carbocycles. The summed E-state index contributed by atoms with van der Waals surface area (Å²) in [5.74, 6) is -0.113. The van der Waals surface area contributed by atoms with Gasteiger partial charge in [-0.1, -0.05) is 0 Å². The van der Waals surface area contributed by atoms with Gasteiger partial charge in [-0.3, -0.25) is 9.36 Å². The van der Waals surface area contributed by atoms with E-state index >= 15 is 0 Å². The fraction of sp³-hybridized carbons (Fsp3) is 0.111. The fourth-order valence-corrected chi connectivity index (χ4v) is 3.51. The Kier molecular flexibility index (Phi) is 4.32. The van der Waals surface area contributed by atoms with Crippen LogP contribution in [0.25, 0.3) is 22.0 Å². The number of carbonyl (C=O) groups is 1. The van der Waals surface area contributed by atoms with Crippen LogP contribution in [0.3, 0.4) is 0 Å². The number of ether oxygens (including phenoxy) is 1. The topological polar surface area (TPSA) is 111 Å². The van der Waals surface area contributed by atoms with E-state index in [9.17, 15) is 14.7 Å². The summed E-state index contributed by atoms with van der Waals surface area (Å²) in [7, 11) is 3.35. The van der Waals surface area contributed by atoms with E-state index in [0.717, 1.165) is 5.69 Å². The molecule has 4 rings (SSSR count). The maximum Gasteiger partial charge on any atom is 0.341 e. The molecule has 0 amide bonds. The van der Waals surface area contributed by atoms with Gasteiger partial charge >= 0.3 is 5.97 Å². The van der Waals surface area contributed by atoms with E-state index < -0.39 is 11.4 Å². The molecule has 0 aliphatic rings. The Morgan fingerprint density at radius 1 is 1.29 bits per heavy atom. The molecule has 9 nitrogen and oxygen atoms in total. The lowest BCUT2D eigenvalue weighted by Gasteiger charge is -2.10. The Bertz CT molecular complexity index is 1220. The van der Waals surface area contributed by atoms with Gasteiger partial charge in [0.15, 0.2) is 16.5 Å². The third-order valence-electron chi connectivity index (χ3n) is 4.24. The van der Waals surface area contributed by atoms with Crippen molar-refractivity contribution in [3.05, 3.63) is 58.1 Å². The molecule has 2 N–H and O–H groups in total. The van der Waals surface area contributed by atoms with Crippen molar-refractivity contribution in [1.29, 1.82) is 0 Å². The number of hydrogen-bond acceptors (Lipinski definition) is 7. The molecule has 0 atom stereocenters. The predicted octanol–water partition coefficient (Wildman–Crippen LogP) is 2.38. The molecular formula is C18H15N5O4S. The average Bonchev–Trinajstić information content (AvgIpc) is 3.37. The smallest absolute Gasteiger partial charge is 0.341 e. The zero-order chi connectivity index (χ0) is 19.8. The second kappa shape index (κ2) is 6.82. The average molecular weight is 397 g/mol. The number of anilines is 1. The van der Waals surface area contributed by atoms with Crippen molar-refractivity contribution < 1.29 is 14.6 Å². The SMILES string of the molecule is CNc1cn(-c2ccc3c(=O)c(C(=O)O)cn(-c4nccs4)c3n2)cc1OC. The zero-order valence-corrected chi connectivity index (χ0v) is 15.7. The van der Waals surface area contributed by atoms with Crippen LogP contribution < -0.4 is 15.5 Å². The minimum Gasteiger partial charge on any atom is -0.493 e. The van der Waals surface area contributed by atoms with Gasteiger partial charge in [0.25, 0.3) is 0 Å². The minimum atomic E-state index is -1.30. The molecule has 0 aliphatic heterocycles. The number of rotatable bonds is 5. The predicted molar refractivity (Wildman–Crippen MR) is 105 cm³/mol. The molecule has 0 saturated carbocycles. The van der Waals surface area contributed by atoms with Crippen molar-refractivity contribution in [3.63, 3.8) is 0 Å². The quantitative estimate of drug-likeness (QED) is 0.532. The first-order valence-electron chi connectivity index (χ1n) is 8.17. The molecule has 142 valence electrons. The van der Waals surface area contributed by atoms with Crippen LogP contribution in [0.15, 0.2) is 47.1 Å². The lowest BCUT2D eigenvalue weighted by atomic mass is 10.2. The summed E-state index contributed by atoms with van der Waals surface area (Å²) in [4.78, 5) is 32.9. The molecule has 4 aromatic rings. The van der Waals surface area contributed by atoms with Crippen LogP contribution in [-0.2, 0) is 0 Å². The largest absolute Gasteiger partial charge is 0.493 e. The van der Waals surface area contributed by atoms with E-state index in [1.807, 2.05) is 6.20 Å². The first-order valence-corrected chi connectivity index (χ1v) is 9.05. The zero-order valence-electron chi connectivity index (χ0n) is 14.9. The van der Waals surface area contributed by atoms with Gasteiger partial charge in [-0.05, 0) is 12.1 Å². The first kappa shape index (κ1) is 17.7. The van der Waals surface area contributed by atoms with E-state index in [0.29, 0.717) is 22.3 Å². The van der Waals surface area contributed by atoms with Crippen molar-refractivity contribution in [1.82, 2.24) is 19.1 Å². The highest BCUT2D eigenvalue weighted by Gasteiger charge is 2.18. The summed E-state index contributed by atoms with van der Waals surface area (Å²) in [5, 5.41) is 14.9. The van der Waals surface area contributed by atoms with Gasteiger partial charge in [0.2, 0.25) is 5.43 Å². The Hall–Kier alpha value is -3.66. The van der Waals surface area contributed by atoms with E-state index in [4.69, 9.17) is 4.74 Å². The summed E-state index contributed by atoms with van der Waals surface area (Å²) in [6.45, 7) is 0. The van der Waals surface area contributed by atoms with Crippen LogP contribution in [0, 0.1) is 0 Å². The lowest BCUT2D eigenvalue weighted by Crippen LogP contribution is -2.19. The number of thiazole rings is 1. The van der Waals surface area contributed by atoms with Crippen LogP contribution in [0.4, 0.5) is 5.69 Å². The number of fused-ring (bicyclic) bond motifs is 1. The molecule has 0 unspecified atom stereocenters. The summed E-state index contributed by atoms with van der Waals surface area (Å²) < 4.78 is 8.61.